The van der Waals surface area contributed by atoms with Crippen molar-refractivity contribution in [2.75, 3.05) is 5.32 Å². The monoisotopic (exact) mass is 589 g/mol. The molecule has 8 nitrogen and oxygen atoms in total. The molecule has 0 atom stereocenters. The first-order chi connectivity index (χ1) is 20.1. The second-order valence-electron chi connectivity index (χ2n) is 9.34. The molecule has 3 aromatic heterocycles. The van der Waals surface area contributed by atoms with Gasteiger partial charge >= 0.3 is 6.18 Å². The van der Waals surface area contributed by atoms with E-state index in [1.54, 1.807) is 65.6 Å². The van der Waals surface area contributed by atoms with Crippen molar-refractivity contribution >= 4 is 45.3 Å². The molecule has 210 valence electrons. The van der Waals surface area contributed by atoms with E-state index in [2.05, 4.69) is 15.3 Å². The van der Waals surface area contributed by atoms with Crippen molar-refractivity contribution in [2.45, 2.75) is 6.18 Å². The van der Waals surface area contributed by atoms with Crippen LogP contribution in [0.25, 0.3) is 27.8 Å². The summed E-state index contributed by atoms with van der Waals surface area (Å²) >= 11 is 6.26. The van der Waals surface area contributed by atoms with Gasteiger partial charge in [0.25, 0.3) is 5.91 Å². The number of nitrogens with zero attached hydrogens (tertiary/aromatic N) is 4. The van der Waals surface area contributed by atoms with Crippen LogP contribution in [0.4, 0.5) is 18.9 Å². The molecular formula is C30H19ClF3N5O3. The Hall–Kier alpha value is -5.16. The van der Waals surface area contributed by atoms with Crippen molar-refractivity contribution < 1.29 is 22.7 Å². The largest absolute Gasteiger partial charge is 0.455 e. The van der Waals surface area contributed by atoms with Gasteiger partial charge in [-0.05, 0) is 54.6 Å². The van der Waals surface area contributed by atoms with E-state index in [0.717, 1.165) is 12.1 Å². The Morgan fingerprint density at radius 3 is 2.50 bits per heavy atom. The number of para-hydroxylation sites is 1. The van der Waals surface area contributed by atoms with Gasteiger partial charge in [0.05, 0.1) is 28.1 Å². The molecular weight excluding hydrogens is 571 g/mol. The van der Waals surface area contributed by atoms with Gasteiger partial charge in [-0.3, -0.25) is 9.59 Å². The molecule has 42 heavy (non-hydrogen) atoms. The molecule has 0 fully saturated rings. The summed E-state index contributed by atoms with van der Waals surface area (Å²) in [7, 11) is 1.83. The standard InChI is InChI=1S/C30H19ClF3N5O3/c1-38-16-36-26-25(12-13-35-28(26)38)42-19-9-7-18(8-10-19)37-29(41)21-15-39(23-5-3-2-4-20(23)27(21)40)24-11-6-17(14-22(24)31)30(32,33)34/h2-16H,1H3,(H,37,41). The second-order valence-corrected chi connectivity index (χ2v) is 9.75. The smallest absolute Gasteiger partial charge is 0.416 e. The number of anilines is 1. The van der Waals surface area contributed by atoms with Gasteiger partial charge in [-0.15, -0.1) is 0 Å². The van der Waals surface area contributed by atoms with E-state index in [1.807, 2.05) is 7.05 Å². The van der Waals surface area contributed by atoms with Crippen LogP contribution in [0.2, 0.25) is 5.02 Å². The first-order valence-corrected chi connectivity index (χ1v) is 12.8. The molecule has 3 aromatic carbocycles. The number of carbonyl (C=O) groups excluding carboxylic acids is 1. The minimum Gasteiger partial charge on any atom is -0.455 e. The summed E-state index contributed by atoms with van der Waals surface area (Å²) in [4.78, 5) is 35.2. The number of aryl methyl sites for hydroxylation is 1. The van der Waals surface area contributed by atoms with Crippen molar-refractivity contribution in [3.63, 3.8) is 0 Å². The lowest BCUT2D eigenvalue weighted by atomic mass is 10.1. The Kier molecular flexibility index (Phi) is 6.66. The zero-order valence-corrected chi connectivity index (χ0v) is 22.4. The Labute approximate surface area is 240 Å². The summed E-state index contributed by atoms with van der Waals surface area (Å²) in [5, 5.41) is 2.70. The number of carbonyl (C=O) groups is 1. The second kappa shape index (κ2) is 10.3. The molecule has 1 amide bonds. The van der Waals surface area contributed by atoms with Crippen LogP contribution in [0.5, 0.6) is 11.5 Å². The summed E-state index contributed by atoms with van der Waals surface area (Å²) in [5.41, 5.74) is 0.513. The Balaban J connectivity index is 1.31. The van der Waals surface area contributed by atoms with Gasteiger partial charge in [0.2, 0.25) is 5.43 Å². The topological polar surface area (TPSA) is 91.0 Å². The number of benzene rings is 3. The van der Waals surface area contributed by atoms with Crippen LogP contribution < -0.4 is 15.5 Å². The van der Waals surface area contributed by atoms with Crippen molar-refractivity contribution in [2.24, 2.45) is 7.05 Å². The number of rotatable bonds is 5. The molecule has 6 rings (SSSR count). The van der Waals surface area contributed by atoms with E-state index in [-0.39, 0.29) is 21.7 Å². The van der Waals surface area contributed by atoms with Crippen molar-refractivity contribution in [1.29, 1.82) is 0 Å². The van der Waals surface area contributed by atoms with Crippen LogP contribution in [0.3, 0.4) is 0 Å². The average Bonchev–Trinajstić information content (AvgIpc) is 3.35. The van der Waals surface area contributed by atoms with Crippen LogP contribution in [0.15, 0.2) is 96.3 Å². The maximum absolute atomic E-state index is 13.3. The molecule has 12 heteroatoms. The van der Waals surface area contributed by atoms with Crippen molar-refractivity contribution in [3.05, 3.63) is 118 Å². The molecule has 0 radical (unpaired) electrons. The maximum atomic E-state index is 13.3. The Bertz CT molecular complexity index is 2050. The number of imidazole rings is 1. The average molecular weight is 590 g/mol. The van der Waals surface area contributed by atoms with Gasteiger partial charge in [-0.25, -0.2) is 9.97 Å². The van der Waals surface area contributed by atoms with Crippen LogP contribution >= 0.6 is 11.6 Å². The lowest BCUT2D eigenvalue weighted by Crippen LogP contribution is -2.23. The lowest BCUT2D eigenvalue weighted by molar-refractivity contribution is -0.137. The van der Waals surface area contributed by atoms with Crippen molar-refractivity contribution in [1.82, 2.24) is 19.1 Å². The first kappa shape index (κ1) is 27.0. The van der Waals surface area contributed by atoms with Crippen LogP contribution in [-0.2, 0) is 13.2 Å². The fourth-order valence-electron chi connectivity index (χ4n) is 4.54. The SMILES string of the molecule is Cn1cnc2c(Oc3ccc(NC(=O)c4cn(-c5ccc(C(F)(F)F)cc5Cl)c5ccccc5c4=O)cc3)ccnc21. The van der Waals surface area contributed by atoms with Crippen LogP contribution in [-0.4, -0.2) is 25.0 Å². The van der Waals surface area contributed by atoms with Crippen LogP contribution in [0.1, 0.15) is 15.9 Å². The number of nitrogens with one attached hydrogen (secondary N) is 1. The number of ether oxygens (including phenoxy) is 1. The third-order valence-corrected chi connectivity index (χ3v) is 6.89. The third-order valence-electron chi connectivity index (χ3n) is 6.59. The lowest BCUT2D eigenvalue weighted by Gasteiger charge is -2.16. The number of hydrogen-bond acceptors (Lipinski definition) is 5. The molecule has 0 unspecified atom stereocenters. The number of alkyl halides is 3. The molecule has 6 aromatic rings. The van der Waals surface area contributed by atoms with Gasteiger partial charge in [-0.1, -0.05) is 23.7 Å². The van der Waals surface area contributed by atoms with E-state index < -0.39 is 23.1 Å². The maximum Gasteiger partial charge on any atom is 0.416 e. The molecule has 3 heterocycles. The number of aromatic nitrogens is 4. The predicted molar refractivity (Wildman–Crippen MR) is 153 cm³/mol. The summed E-state index contributed by atoms with van der Waals surface area (Å²) < 4.78 is 48.8. The van der Waals surface area contributed by atoms with Crippen LogP contribution in [0, 0.1) is 0 Å². The number of fused-ring (bicyclic) bond motifs is 2. The zero-order chi connectivity index (χ0) is 29.6. The van der Waals surface area contributed by atoms with E-state index in [1.165, 1.54) is 22.9 Å². The molecule has 0 aliphatic rings. The summed E-state index contributed by atoms with van der Waals surface area (Å²) in [5.74, 6) is 0.285. The molecule has 0 spiro atoms. The zero-order valence-electron chi connectivity index (χ0n) is 21.7. The van der Waals surface area contributed by atoms with Gasteiger partial charge in [0, 0.05) is 36.6 Å². The van der Waals surface area contributed by atoms with E-state index in [9.17, 15) is 22.8 Å². The fraction of sp³-hybridized carbons (Fsp3) is 0.0667. The van der Waals surface area contributed by atoms with E-state index in [4.69, 9.17) is 16.3 Å². The highest BCUT2D eigenvalue weighted by atomic mass is 35.5. The van der Waals surface area contributed by atoms with E-state index >= 15 is 0 Å². The highest BCUT2D eigenvalue weighted by molar-refractivity contribution is 6.32. The van der Waals surface area contributed by atoms with E-state index in [0.29, 0.717) is 33.9 Å². The molecule has 0 saturated heterocycles. The fourth-order valence-corrected chi connectivity index (χ4v) is 4.81. The Morgan fingerprint density at radius 2 is 1.76 bits per heavy atom. The van der Waals surface area contributed by atoms with Gasteiger partial charge in [0.15, 0.2) is 16.9 Å². The number of halogens is 4. The number of amides is 1. The highest BCUT2D eigenvalue weighted by Gasteiger charge is 2.31. The quantitative estimate of drug-likeness (QED) is 0.234. The molecule has 0 aliphatic heterocycles. The third kappa shape index (κ3) is 4.94. The van der Waals surface area contributed by atoms with Gasteiger partial charge in [0.1, 0.15) is 11.3 Å². The van der Waals surface area contributed by atoms with Gasteiger partial charge in [-0.2, -0.15) is 13.2 Å². The molecule has 0 bridgehead atoms. The normalized spacial score (nSPS) is 11.6. The van der Waals surface area contributed by atoms with Crippen molar-refractivity contribution in [3.8, 4) is 17.2 Å². The Morgan fingerprint density at radius 1 is 1.00 bits per heavy atom. The highest BCUT2D eigenvalue weighted by Crippen LogP contribution is 2.34. The summed E-state index contributed by atoms with van der Waals surface area (Å²) in [6.45, 7) is 0. The molecule has 0 saturated carbocycles. The van der Waals surface area contributed by atoms with Gasteiger partial charge < -0.3 is 19.2 Å². The minimum absolute atomic E-state index is 0.176. The predicted octanol–water partition coefficient (Wildman–Crippen LogP) is 6.99. The first-order valence-electron chi connectivity index (χ1n) is 12.5. The summed E-state index contributed by atoms with van der Waals surface area (Å²) in [6, 6.07) is 17.5. The molecule has 0 aliphatic carbocycles. The summed E-state index contributed by atoms with van der Waals surface area (Å²) in [6.07, 6.45) is -0.0620. The number of hydrogen-bond donors (Lipinski definition) is 1. The number of pyridine rings is 2. The molecule has 1 N–H and O–H groups in total. The minimum atomic E-state index is -4.58.